The van der Waals surface area contributed by atoms with E-state index in [4.69, 9.17) is 9.47 Å². The number of methoxy groups -OCH3 is 1. The van der Waals surface area contributed by atoms with Crippen molar-refractivity contribution in [2.45, 2.75) is 20.1 Å². The van der Waals surface area contributed by atoms with Gasteiger partial charge in [0.2, 0.25) is 11.9 Å². The molecule has 0 aliphatic rings. The molecule has 9 heteroatoms. The quantitative estimate of drug-likeness (QED) is 0.227. The van der Waals surface area contributed by atoms with Crippen LogP contribution in [0.15, 0.2) is 67.6 Å². The highest BCUT2D eigenvalue weighted by Gasteiger charge is 2.19. The zero-order valence-corrected chi connectivity index (χ0v) is 19.4. The van der Waals surface area contributed by atoms with Crippen LogP contribution in [0.25, 0.3) is 33.3 Å². The number of aromatic nitrogens is 3. The number of nitrogens with one attached hydrogen (secondary N) is 1. The van der Waals surface area contributed by atoms with Gasteiger partial charge in [-0.25, -0.2) is 9.97 Å². The Kier molecular flexibility index (Phi) is 6.59. The number of nitrogens with zero attached hydrogens (tertiary/aromatic N) is 3. The molecule has 1 unspecified atom stereocenters. The van der Waals surface area contributed by atoms with E-state index in [2.05, 4.69) is 21.9 Å². The van der Waals surface area contributed by atoms with Crippen molar-refractivity contribution in [2.75, 3.05) is 12.4 Å². The number of amides is 1. The Labute approximate surface area is 201 Å². The van der Waals surface area contributed by atoms with Crippen LogP contribution in [-0.4, -0.2) is 33.5 Å². The summed E-state index contributed by atoms with van der Waals surface area (Å²) < 4.78 is 26.4. The molecule has 0 saturated heterocycles. The normalized spacial score (nSPS) is 11.7. The third kappa shape index (κ3) is 5.03. The highest BCUT2D eigenvalue weighted by Crippen LogP contribution is 2.36. The number of ether oxygens (including phenoxy) is 2. The molecular formula is C26H23FN4O4. The first-order valence-corrected chi connectivity index (χ1v) is 10.7. The summed E-state index contributed by atoms with van der Waals surface area (Å²) in [7, 11) is 1.53. The number of carbonyl (C=O) groups excluding carboxylic acids is 2. The summed E-state index contributed by atoms with van der Waals surface area (Å²) in [6.07, 6.45) is 5.37. The van der Waals surface area contributed by atoms with Gasteiger partial charge in [-0.05, 0) is 48.4 Å². The van der Waals surface area contributed by atoms with Gasteiger partial charge in [-0.3, -0.25) is 14.2 Å². The zero-order chi connectivity index (χ0) is 25.1. The van der Waals surface area contributed by atoms with Crippen LogP contribution in [0, 0.1) is 5.95 Å². The number of benzene rings is 1. The standard InChI is InChI=1S/C26H23FN4O4/c1-5-25(33)30-20-8-18(9-21(12-20)34-4)19-10-22-23(17-6-7-28-24(27)11-17)14-31(26(22)29-13-19)15(2)35-16(3)32/h5-15H,1H2,2-4H3,(H,30,33). The van der Waals surface area contributed by atoms with Crippen molar-refractivity contribution < 1.29 is 23.5 Å². The minimum Gasteiger partial charge on any atom is -0.497 e. The molecule has 0 aliphatic heterocycles. The molecule has 178 valence electrons. The maximum atomic E-state index is 13.9. The van der Waals surface area contributed by atoms with E-state index in [1.54, 1.807) is 42.1 Å². The van der Waals surface area contributed by atoms with E-state index in [0.717, 1.165) is 11.1 Å². The Morgan fingerprint density at radius 1 is 1.14 bits per heavy atom. The van der Waals surface area contributed by atoms with E-state index in [0.29, 0.717) is 33.6 Å². The number of hydrogen-bond acceptors (Lipinski definition) is 6. The van der Waals surface area contributed by atoms with Crippen LogP contribution in [0.5, 0.6) is 5.75 Å². The van der Waals surface area contributed by atoms with Crippen molar-refractivity contribution >= 4 is 28.6 Å². The van der Waals surface area contributed by atoms with Crippen molar-refractivity contribution in [1.82, 2.24) is 14.5 Å². The molecule has 3 heterocycles. The molecule has 0 saturated carbocycles. The van der Waals surface area contributed by atoms with E-state index in [1.165, 1.54) is 32.4 Å². The third-order valence-corrected chi connectivity index (χ3v) is 5.36. The number of anilines is 1. The van der Waals surface area contributed by atoms with E-state index in [1.807, 2.05) is 12.1 Å². The molecule has 35 heavy (non-hydrogen) atoms. The number of carbonyl (C=O) groups is 2. The predicted octanol–water partition coefficient (Wildman–Crippen LogP) is 5.12. The Balaban J connectivity index is 1.90. The SMILES string of the molecule is C=CC(=O)Nc1cc(OC)cc(-c2cnc3c(c2)c(-c2ccnc(F)c2)cn3C(C)OC(C)=O)c1. The van der Waals surface area contributed by atoms with Gasteiger partial charge in [-0.15, -0.1) is 0 Å². The molecule has 1 aromatic carbocycles. The first-order valence-electron chi connectivity index (χ1n) is 10.7. The lowest BCUT2D eigenvalue weighted by Gasteiger charge is -2.14. The van der Waals surface area contributed by atoms with Gasteiger partial charge in [-0.1, -0.05) is 6.58 Å². The van der Waals surface area contributed by atoms with Crippen LogP contribution in [0.4, 0.5) is 10.1 Å². The first-order chi connectivity index (χ1) is 16.8. The van der Waals surface area contributed by atoms with Crippen LogP contribution in [0.2, 0.25) is 0 Å². The van der Waals surface area contributed by atoms with Crippen molar-refractivity contribution in [2.24, 2.45) is 0 Å². The molecule has 1 amide bonds. The summed E-state index contributed by atoms with van der Waals surface area (Å²) in [6, 6.07) is 10.2. The summed E-state index contributed by atoms with van der Waals surface area (Å²) in [5.74, 6) is -0.857. The minimum atomic E-state index is -0.633. The van der Waals surface area contributed by atoms with Gasteiger partial charge in [0.15, 0.2) is 6.23 Å². The molecule has 1 N–H and O–H groups in total. The monoisotopic (exact) mass is 474 g/mol. The van der Waals surface area contributed by atoms with Gasteiger partial charge in [0.05, 0.1) is 7.11 Å². The average Bonchev–Trinajstić information content (AvgIpc) is 3.22. The van der Waals surface area contributed by atoms with Crippen LogP contribution in [0.3, 0.4) is 0 Å². The second-order valence-electron chi connectivity index (χ2n) is 7.76. The number of halogens is 1. The fourth-order valence-corrected chi connectivity index (χ4v) is 3.81. The van der Waals surface area contributed by atoms with Crippen LogP contribution in [0.1, 0.15) is 20.1 Å². The molecule has 8 nitrogen and oxygen atoms in total. The maximum Gasteiger partial charge on any atom is 0.304 e. The van der Waals surface area contributed by atoms with Gasteiger partial charge >= 0.3 is 5.97 Å². The molecule has 0 fully saturated rings. The van der Waals surface area contributed by atoms with Crippen molar-refractivity contribution in [3.05, 3.63) is 73.6 Å². The van der Waals surface area contributed by atoms with Crippen molar-refractivity contribution in [3.63, 3.8) is 0 Å². The number of pyridine rings is 2. The second-order valence-corrected chi connectivity index (χ2v) is 7.76. The minimum absolute atomic E-state index is 0.351. The van der Waals surface area contributed by atoms with Crippen LogP contribution in [-0.2, 0) is 14.3 Å². The summed E-state index contributed by atoms with van der Waals surface area (Å²) in [5, 5.41) is 3.45. The molecular weight excluding hydrogens is 451 g/mol. The van der Waals surface area contributed by atoms with Gasteiger partial charge in [0.25, 0.3) is 0 Å². The summed E-state index contributed by atoms with van der Waals surface area (Å²) in [5.41, 5.74) is 3.85. The van der Waals surface area contributed by atoms with Crippen LogP contribution < -0.4 is 10.1 Å². The van der Waals surface area contributed by atoms with E-state index in [-0.39, 0.29) is 5.91 Å². The summed E-state index contributed by atoms with van der Waals surface area (Å²) in [4.78, 5) is 31.6. The first kappa shape index (κ1) is 23.6. The molecule has 3 aromatic heterocycles. The highest BCUT2D eigenvalue weighted by atomic mass is 19.1. The fourth-order valence-electron chi connectivity index (χ4n) is 3.81. The Morgan fingerprint density at radius 3 is 2.63 bits per heavy atom. The topological polar surface area (TPSA) is 95.3 Å². The second kappa shape index (κ2) is 9.76. The van der Waals surface area contributed by atoms with Gasteiger partial charge in [0.1, 0.15) is 11.4 Å². The molecule has 0 spiro atoms. The smallest absolute Gasteiger partial charge is 0.304 e. The van der Waals surface area contributed by atoms with Gasteiger partial charge < -0.3 is 14.8 Å². The largest absolute Gasteiger partial charge is 0.497 e. The third-order valence-electron chi connectivity index (χ3n) is 5.36. The Morgan fingerprint density at radius 2 is 1.94 bits per heavy atom. The van der Waals surface area contributed by atoms with Crippen molar-refractivity contribution in [3.8, 4) is 28.0 Å². The van der Waals surface area contributed by atoms with Crippen molar-refractivity contribution in [1.29, 1.82) is 0 Å². The number of rotatable bonds is 7. The summed E-state index contributed by atoms with van der Waals surface area (Å²) >= 11 is 0. The van der Waals surface area contributed by atoms with Gasteiger partial charge in [0, 0.05) is 59.8 Å². The Hall–Kier alpha value is -4.53. The lowest BCUT2D eigenvalue weighted by atomic mass is 10.0. The highest BCUT2D eigenvalue weighted by molar-refractivity contribution is 6.00. The molecule has 0 aliphatic carbocycles. The molecule has 0 radical (unpaired) electrons. The number of esters is 1. The Bertz CT molecular complexity index is 1450. The number of hydrogen-bond donors (Lipinski definition) is 1. The van der Waals surface area contributed by atoms with E-state index in [9.17, 15) is 14.0 Å². The molecule has 1 atom stereocenters. The van der Waals surface area contributed by atoms with Gasteiger partial charge in [-0.2, -0.15) is 4.39 Å². The molecule has 0 bridgehead atoms. The zero-order valence-electron chi connectivity index (χ0n) is 19.4. The molecule has 4 rings (SSSR count). The lowest BCUT2D eigenvalue weighted by Crippen LogP contribution is -2.11. The van der Waals surface area contributed by atoms with Crippen LogP contribution >= 0.6 is 0 Å². The average molecular weight is 474 g/mol. The summed E-state index contributed by atoms with van der Waals surface area (Å²) in [6.45, 7) is 6.53. The van der Waals surface area contributed by atoms with E-state index < -0.39 is 18.1 Å². The fraction of sp³-hybridized carbons (Fsp3) is 0.154. The van der Waals surface area contributed by atoms with E-state index >= 15 is 0 Å². The molecule has 4 aromatic rings. The lowest BCUT2D eigenvalue weighted by molar-refractivity contribution is -0.149. The predicted molar refractivity (Wildman–Crippen MR) is 130 cm³/mol. The maximum absolute atomic E-state index is 13.9. The number of fused-ring (bicyclic) bond motifs is 1.